The van der Waals surface area contributed by atoms with Gasteiger partial charge in [0.05, 0.1) is 28.3 Å². The molecule has 174 valence electrons. The number of nitrogens with zero attached hydrogens (tertiary/aromatic N) is 3. The number of benzene rings is 2. The highest BCUT2D eigenvalue weighted by atomic mass is 35.5. The summed E-state index contributed by atoms with van der Waals surface area (Å²) >= 11 is 6.40. The van der Waals surface area contributed by atoms with Crippen LogP contribution in [-0.2, 0) is 0 Å². The maximum absolute atomic E-state index is 13.0. The van der Waals surface area contributed by atoms with E-state index in [2.05, 4.69) is 15.3 Å². The largest absolute Gasteiger partial charge is 0.493 e. The molecule has 0 atom stereocenters. The molecule has 1 N–H and O–H groups in total. The first-order valence-corrected chi connectivity index (χ1v) is 10.6. The molecule has 5 aromatic rings. The molecule has 0 unspecified atom stereocenters. The van der Waals surface area contributed by atoms with Crippen molar-refractivity contribution in [2.75, 3.05) is 12.4 Å². The van der Waals surface area contributed by atoms with Gasteiger partial charge in [-0.05, 0) is 42.5 Å². The first kappa shape index (κ1) is 22.1. The lowest BCUT2D eigenvalue weighted by atomic mass is 10.1. The highest BCUT2D eigenvalue weighted by Crippen LogP contribution is 2.39. The number of nitrogens with one attached hydrogen (secondary N) is 1. The van der Waals surface area contributed by atoms with E-state index in [1.165, 1.54) is 25.3 Å². The fourth-order valence-electron chi connectivity index (χ4n) is 3.54. The van der Waals surface area contributed by atoms with E-state index in [4.69, 9.17) is 25.2 Å². The lowest BCUT2D eigenvalue weighted by Gasteiger charge is -2.12. The number of ether oxygens (including phenoxy) is 1. The van der Waals surface area contributed by atoms with E-state index >= 15 is 0 Å². The molecule has 0 bridgehead atoms. The van der Waals surface area contributed by atoms with Gasteiger partial charge in [0.25, 0.3) is 11.6 Å². The Morgan fingerprint density at radius 1 is 1.11 bits per heavy atom. The number of hydrogen-bond donors (Lipinski definition) is 1. The Hall–Kier alpha value is -4.70. The molecule has 5 rings (SSSR count). The van der Waals surface area contributed by atoms with E-state index in [-0.39, 0.29) is 45.1 Å². The summed E-state index contributed by atoms with van der Waals surface area (Å²) in [6, 6.07) is 15.7. The van der Waals surface area contributed by atoms with Crippen LogP contribution in [0.15, 0.2) is 75.7 Å². The molecule has 0 saturated carbocycles. The second-order valence-corrected chi connectivity index (χ2v) is 7.68. The minimum Gasteiger partial charge on any atom is -0.493 e. The number of fused-ring (bicyclic) bond motifs is 1. The van der Waals surface area contributed by atoms with Crippen LogP contribution in [-0.4, -0.2) is 27.9 Å². The molecule has 3 aromatic heterocycles. The Balaban J connectivity index is 1.47. The number of nitro groups is 1. The van der Waals surface area contributed by atoms with E-state index in [0.29, 0.717) is 16.8 Å². The van der Waals surface area contributed by atoms with Gasteiger partial charge in [0, 0.05) is 17.8 Å². The molecule has 0 spiro atoms. The number of para-hydroxylation sites is 1. The van der Waals surface area contributed by atoms with Gasteiger partial charge in [0.2, 0.25) is 5.89 Å². The Morgan fingerprint density at radius 3 is 2.71 bits per heavy atom. The summed E-state index contributed by atoms with van der Waals surface area (Å²) in [7, 11) is 1.42. The Kier molecular flexibility index (Phi) is 5.63. The van der Waals surface area contributed by atoms with Gasteiger partial charge < -0.3 is 18.9 Å². The monoisotopic (exact) mass is 490 g/mol. The summed E-state index contributed by atoms with van der Waals surface area (Å²) in [6.45, 7) is 0. The zero-order chi connectivity index (χ0) is 24.5. The van der Waals surface area contributed by atoms with Crippen LogP contribution in [0, 0.1) is 10.1 Å². The minimum atomic E-state index is -0.611. The summed E-state index contributed by atoms with van der Waals surface area (Å²) in [4.78, 5) is 32.3. The number of carbonyl (C=O) groups is 1. The van der Waals surface area contributed by atoms with Crippen molar-refractivity contribution in [2.24, 2.45) is 0 Å². The standard InChI is InChI=1S/C24H15ClN4O6/c1-33-21-15(25)11-13(24-28-22-19(35-24)7-4-10-26-22)12-16(21)27-23(30)20-9-8-18(34-20)14-5-2-3-6-17(14)29(31)32/h2-12H,1H3,(H,27,30). The normalized spacial score (nSPS) is 10.9. The third kappa shape index (κ3) is 4.18. The highest BCUT2D eigenvalue weighted by molar-refractivity contribution is 6.33. The van der Waals surface area contributed by atoms with Crippen molar-refractivity contribution >= 4 is 40.1 Å². The number of furan rings is 1. The number of oxazole rings is 1. The zero-order valence-electron chi connectivity index (χ0n) is 18.0. The summed E-state index contributed by atoms with van der Waals surface area (Å²) in [5.41, 5.74) is 1.78. The third-order valence-corrected chi connectivity index (χ3v) is 5.38. The van der Waals surface area contributed by atoms with Crippen LogP contribution in [0.2, 0.25) is 5.02 Å². The fraction of sp³-hybridized carbons (Fsp3) is 0.0417. The predicted molar refractivity (Wildman–Crippen MR) is 128 cm³/mol. The first-order chi connectivity index (χ1) is 16.9. The Bertz CT molecular complexity index is 1560. The summed E-state index contributed by atoms with van der Waals surface area (Å²) in [6.07, 6.45) is 1.60. The van der Waals surface area contributed by atoms with Gasteiger partial charge in [-0.25, -0.2) is 4.98 Å². The molecule has 0 aliphatic rings. The number of hydrogen-bond acceptors (Lipinski definition) is 8. The molecule has 0 saturated heterocycles. The van der Waals surface area contributed by atoms with E-state index in [1.807, 2.05) is 0 Å². The number of rotatable bonds is 6. The van der Waals surface area contributed by atoms with Crippen molar-refractivity contribution in [1.82, 2.24) is 9.97 Å². The van der Waals surface area contributed by atoms with Gasteiger partial charge in [-0.15, -0.1) is 0 Å². The van der Waals surface area contributed by atoms with E-state index < -0.39 is 10.8 Å². The Labute approximate surface area is 202 Å². The van der Waals surface area contributed by atoms with Crippen molar-refractivity contribution in [3.8, 4) is 28.5 Å². The highest BCUT2D eigenvalue weighted by Gasteiger charge is 2.22. The van der Waals surface area contributed by atoms with Crippen molar-refractivity contribution in [3.05, 3.63) is 87.8 Å². The van der Waals surface area contributed by atoms with Gasteiger partial charge >= 0.3 is 0 Å². The van der Waals surface area contributed by atoms with Crippen molar-refractivity contribution in [1.29, 1.82) is 0 Å². The van der Waals surface area contributed by atoms with Crippen LogP contribution in [0.3, 0.4) is 0 Å². The number of aromatic nitrogens is 2. The molecule has 0 aliphatic carbocycles. The van der Waals surface area contributed by atoms with Gasteiger partial charge in [-0.2, -0.15) is 4.98 Å². The summed E-state index contributed by atoms with van der Waals surface area (Å²) < 4.78 is 16.7. The van der Waals surface area contributed by atoms with Crippen LogP contribution in [0.25, 0.3) is 34.0 Å². The van der Waals surface area contributed by atoms with Gasteiger partial charge in [-0.1, -0.05) is 23.7 Å². The van der Waals surface area contributed by atoms with Gasteiger partial charge in [0.15, 0.2) is 22.7 Å². The van der Waals surface area contributed by atoms with Crippen LogP contribution >= 0.6 is 11.6 Å². The van der Waals surface area contributed by atoms with Crippen molar-refractivity contribution in [2.45, 2.75) is 0 Å². The number of pyridine rings is 1. The smallest absolute Gasteiger partial charge is 0.291 e. The van der Waals surface area contributed by atoms with Crippen molar-refractivity contribution in [3.63, 3.8) is 0 Å². The predicted octanol–water partition coefficient (Wildman–Crippen LogP) is 5.97. The number of methoxy groups -OCH3 is 1. The maximum atomic E-state index is 13.0. The molecule has 0 aliphatic heterocycles. The second kappa shape index (κ2) is 8.92. The van der Waals surface area contributed by atoms with Gasteiger partial charge in [-0.3, -0.25) is 14.9 Å². The molecule has 0 radical (unpaired) electrons. The van der Waals surface area contributed by atoms with E-state index in [9.17, 15) is 14.9 Å². The van der Waals surface area contributed by atoms with Crippen molar-refractivity contribution < 1.29 is 23.3 Å². The molecule has 1 amide bonds. The molecule has 10 nitrogen and oxygen atoms in total. The number of carbonyl (C=O) groups excluding carboxylic acids is 1. The quantitative estimate of drug-likeness (QED) is 0.227. The molecular weight excluding hydrogens is 476 g/mol. The first-order valence-electron chi connectivity index (χ1n) is 10.2. The molecule has 0 fully saturated rings. The fourth-order valence-corrected chi connectivity index (χ4v) is 3.84. The second-order valence-electron chi connectivity index (χ2n) is 7.28. The number of anilines is 1. The maximum Gasteiger partial charge on any atom is 0.291 e. The average Bonchev–Trinajstić information content (AvgIpc) is 3.51. The van der Waals surface area contributed by atoms with E-state index in [0.717, 1.165) is 0 Å². The van der Waals surface area contributed by atoms with Crippen LogP contribution in [0.5, 0.6) is 5.75 Å². The lowest BCUT2D eigenvalue weighted by Crippen LogP contribution is -2.12. The molecule has 11 heteroatoms. The molecule has 3 heterocycles. The molecular formula is C24H15ClN4O6. The number of nitro benzene ring substituents is 1. The van der Waals surface area contributed by atoms with E-state index in [1.54, 1.807) is 48.7 Å². The molecule has 35 heavy (non-hydrogen) atoms. The molecule has 2 aromatic carbocycles. The minimum absolute atomic E-state index is 0.0622. The SMILES string of the molecule is COc1c(Cl)cc(-c2nc3ncccc3o2)cc1NC(=O)c1ccc(-c2ccccc2[N+](=O)[O-])o1. The zero-order valence-corrected chi connectivity index (χ0v) is 18.8. The Morgan fingerprint density at radius 2 is 1.94 bits per heavy atom. The topological polar surface area (TPSA) is 134 Å². The van der Waals surface area contributed by atoms with Crippen LogP contribution in [0.1, 0.15) is 10.6 Å². The number of halogens is 1. The summed E-state index contributed by atoms with van der Waals surface area (Å²) in [5.74, 6) is -0.00699. The average molecular weight is 491 g/mol. The number of amides is 1. The summed E-state index contributed by atoms with van der Waals surface area (Å²) in [5, 5.41) is 14.2. The van der Waals surface area contributed by atoms with Gasteiger partial charge in [0.1, 0.15) is 5.76 Å². The van der Waals surface area contributed by atoms with Crippen LogP contribution in [0.4, 0.5) is 11.4 Å². The van der Waals surface area contributed by atoms with Crippen LogP contribution < -0.4 is 10.1 Å². The third-order valence-electron chi connectivity index (χ3n) is 5.10. The lowest BCUT2D eigenvalue weighted by molar-refractivity contribution is -0.384.